The summed E-state index contributed by atoms with van der Waals surface area (Å²) in [5.74, 6) is 1.20. The minimum absolute atomic E-state index is 0.194. The van der Waals surface area contributed by atoms with Crippen molar-refractivity contribution in [2.75, 3.05) is 18.1 Å². The van der Waals surface area contributed by atoms with Crippen LogP contribution in [0.25, 0.3) is 0 Å². The second-order valence-electron chi connectivity index (χ2n) is 6.75. The van der Waals surface area contributed by atoms with Gasteiger partial charge >= 0.3 is 0 Å². The lowest BCUT2D eigenvalue weighted by Gasteiger charge is -2.33. The van der Waals surface area contributed by atoms with Crippen molar-refractivity contribution in [2.24, 2.45) is 5.92 Å². The fourth-order valence-electron chi connectivity index (χ4n) is 3.26. The standard InChI is InChI=1S/C17H27NO/c1-13(2)15-5-7-16(8-6-15)18-12-14(9-10-19)11-17(18,3)4/h5-8,13-14,19H,9-12H2,1-4H3. The van der Waals surface area contributed by atoms with E-state index in [1.54, 1.807) is 0 Å². The highest BCUT2D eigenvalue weighted by atomic mass is 16.3. The van der Waals surface area contributed by atoms with Crippen LogP contribution in [0.15, 0.2) is 24.3 Å². The number of anilines is 1. The molecule has 0 saturated carbocycles. The van der Waals surface area contributed by atoms with Crippen LogP contribution in [0.3, 0.4) is 0 Å². The van der Waals surface area contributed by atoms with Crippen molar-refractivity contribution < 1.29 is 5.11 Å². The molecular formula is C17H27NO. The molecule has 2 heteroatoms. The fraction of sp³-hybridized carbons (Fsp3) is 0.647. The third kappa shape index (κ3) is 3.11. The number of aliphatic hydroxyl groups excluding tert-OH is 1. The molecule has 1 saturated heterocycles. The molecule has 2 nitrogen and oxygen atoms in total. The normalized spacial score (nSPS) is 22.2. The van der Waals surface area contributed by atoms with E-state index in [9.17, 15) is 0 Å². The van der Waals surface area contributed by atoms with Gasteiger partial charge in [-0.1, -0.05) is 26.0 Å². The zero-order chi connectivity index (χ0) is 14.0. The minimum Gasteiger partial charge on any atom is -0.396 e. The zero-order valence-electron chi connectivity index (χ0n) is 12.7. The minimum atomic E-state index is 0.194. The summed E-state index contributed by atoms with van der Waals surface area (Å²) < 4.78 is 0. The summed E-state index contributed by atoms with van der Waals surface area (Å²) in [4.78, 5) is 2.50. The van der Waals surface area contributed by atoms with Crippen molar-refractivity contribution in [2.45, 2.75) is 52.0 Å². The van der Waals surface area contributed by atoms with Gasteiger partial charge in [0.15, 0.2) is 0 Å². The summed E-state index contributed by atoms with van der Waals surface area (Å²) in [5, 5.41) is 9.13. The van der Waals surface area contributed by atoms with Crippen molar-refractivity contribution in [3.05, 3.63) is 29.8 Å². The summed E-state index contributed by atoms with van der Waals surface area (Å²) in [7, 11) is 0. The third-order valence-corrected chi connectivity index (χ3v) is 4.37. The SMILES string of the molecule is CC(C)c1ccc(N2CC(CCO)CC2(C)C)cc1. The Balaban J connectivity index is 2.16. The molecule has 1 aromatic carbocycles. The molecule has 1 fully saturated rings. The molecule has 0 aliphatic carbocycles. The first-order valence-corrected chi connectivity index (χ1v) is 7.42. The van der Waals surface area contributed by atoms with E-state index in [0.717, 1.165) is 13.0 Å². The highest BCUT2D eigenvalue weighted by Gasteiger charge is 2.37. The van der Waals surface area contributed by atoms with E-state index >= 15 is 0 Å². The molecule has 0 radical (unpaired) electrons. The van der Waals surface area contributed by atoms with Crippen LogP contribution in [0.4, 0.5) is 5.69 Å². The predicted molar refractivity (Wildman–Crippen MR) is 81.8 cm³/mol. The van der Waals surface area contributed by atoms with Crippen molar-refractivity contribution in [1.82, 2.24) is 0 Å². The van der Waals surface area contributed by atoms with E-state index < -0.39 is 0 Å². The van der Waals surface area contributed by atoms with E-state index in [1.807, 2.05) is 0 Å². The Labute approximate surface area is 117 Å². The van der Waals surface area contributed by atoms with Crippen LogP contribution < -0.4 is 4.90 Å². The quantitative estimate of drug-likeness (QED) is 0.891. The molecule has 19 heavy (non-hydrogen) atoms. The molecule has 1 atom stereocenters. The van der Waals surface area contributed by atoms with Gasteiger partial charge in [-0.2, -0.15) is 0 Å². The molecule has 1 aliphatic heterocycles. The second kappa shape index (κ2) is 5.54. The van der Waals surface area contributed by atoms with Crippen molar-refractivity contribution in [3.63, 3.8) is 0 Å². The fourth-order valence-corrected chi connectivity index (χ4v) is 3.26. The average molecular weight is 261 g/mol. The van der Waals surface area contributed by atoms with Crippen LogP contribution in [0, 0.1) is 5.92 Å². The zero-order valence-corrected chi connectivity index (χ0v) is 12.7. The Hall–Kier alpha value is -1.02. The van der Waals surface area contributed by atoms with Gasteiger partial charge < -0.3 is 10.0 Å². The van der Waals surface area contributed by atoms with Gasteiger partial charge in [0.25, 0.3) is 0 Å². The topological polar surface area (TPSA) is 23.5 Å². The Morgan fingerprint density at radius 3 is 2.42 bits per heavy atom. The first kappa shape index (κ1) is 14.4. The molecule has 0 spiro atoms. The van der Waals surface area contributed by atoms with E-state index in [1.165, 1.54) is 17.7 Å². The van der Waals surface area contributed by atoms with E-state index in [2.05, 4.69) is 56.9 Å². The van der Waals surface area contributed by atoms with Crippen LogP contribution in [-0.4, -0.2) is 23.8 Å². The van der Waals surface area contributed by atoms with Crippen LogP contribution in [0.5, 0.6) is 0 Å². The highest BCUT2D eigenvalue weighted by Crippen LogP contribution is 2.38. The maximum atomic E-state index is 9.13. The Kier molecular flexibility index (Phi) is 4.19. The average Bonchev–Trinajstić information content (AvgIpc) is 2.65. The molecule has 0 aromatic heterocycles. The lowest BCUT2D eigenvalue weighted by molar-refractivity contribution is 0.259. The van der Waals surface area contributed by atoms with Gasteiger partial charge in [0.05, 0.1) is 0 Å². The molecular weight excluding hydrogens is 234 g/mol. The van der Waals surface area contributed by atoms with Crippen LogP contribution in [0.2, 0.25) is 0 Å². The molecule has 2 rings (SSSR count). The van der Waals surface area contributed by atoms with Crippen molar-refractivity contribution in [1.29, 1.82) is 0 Å². The van der Waals surface area contributed by atoms with Crippen molar-refractivity contribution >= 4 is 5.69 Å². The number of hydrogen-bond donors (Lipinski definition) is 1. The molecule has 1 heterocycles. The Bertz CT molecular complexity index is 408. The summed E-state index contributed by atoms with van der Waals surface area (Å²) in [6.45, 7) is 10.4. The monoisotopic (exact) mass is 261 g/mol. The second-order valence-corrected chi connectivity index (χ2v) is 6.75. The first-order chi connectivity index (χ1) is 8.94. The van der Waals surface area contributed by atoms with Gasteiger partial charge in [-0.3, -0.25) is 0 Å². The van der Waals surface area contributed by atoms with Gasteiger partial charge in [0.2, 0.25) is 0 Å². The third-order valence-electron chi connectivity index (χ3n) is 4.37. The summed E-state index contributed by atoms with van der Waals surface area (Å²) in [5.41, 5.74) is 2.90. The molecule has 0 bridgehead atoms. The molecule has 1 aromatic rings. The van der Waals surface area contributed by atoms with Gasteiger partial charge in [0.1, 0.15) is 0 Å². The number of hydrogen-bond acceptors (Lipinski definition) is 2. The summed E-state index contributed by atoms with van der Waals surface area (Å²) in [6, 6.07) is 8.99. The van der Waals surface area contributed by atoms with E-state index in [4.69, 9.17) is 5.11 Å². The Morgan fingerprint density at radius 2 is 1.89 bits per heavy atom. The van der Waals surface area contributed by atoms with Gasteiger partial charge in [-0.15, -0.1) is 0 Å². The molecule has 0 amide bonds. The summed E-state index contributed by atoms with van der Waals surface area (Å²) in [6.07, 6.45) is 2.09. The van der Waals surface area contributed by atoms with E-state index in [0.29, 0.717) is 18.4 Å². The predicted octanol–water partition coefficient (Wildman–Crippen LogP) is 3.80. The molecule has 106 valence electrons. The maximum absolute atomic E-state index is 9.13. The molecule has 1 unspecified atom stereocenters. The first-order valence-electron chi connectivity index (χ1n) is 7.42. The largest absolute Gasteiger partial charge is 0.396 e. The molecule has 1 aliphatic rings. The van der Waals surface area contributed by atoms with E-state index in [-0.39, 0.29) is 5.54 Å². The summed E-state index contributed by atoms with van der Waals surface area (Å²) >= 11 is 0. The highest BCUT2D eigenvalue weighted by molar-refractivity contribution is 5.51. The Morgan fingerprint density at radius 1 is 1.26 bits per heavy atom. The van der Waals surface area contributed by atoms with Crippen LogP contribution in [-0.2, 0) is 0 Å². The molecule has 1 N–H and O–H groups in total. The number of benzene rings is 1. The maximum Gasteiger partial charge on any atom is 0.0434 e. The lowest BCUT2D eigenvalue weighted by Crippen LogP contribution is -2.38. The lowest BCUT2D eigenvalue weighted by atomic mass is 9.94. The van der Waals surface area contributed by atoms with Crippen LogP contribution >= 0.6 is 0 Å². The van der Waals surface area contributed by atoms with Gasteiger partial charge in [-0.25, -0.2) is 0 Å². The number of rotatable bonds is 4. The van der Waals surface area contributed by atoms with Gasteiger partial charge in [-0.05, 0) is 56.2 Å². The smallest absolute Gasteiger partial charge is 0.0434 e. The number of aliphatic hydroxyl groups is 1. The van der Waals surface area contributed by atoms with Crippen LogP contribution in [0.1, 0.15) is 52.0 Å². The van der Waals surface area contributed by atoms with Gasteiger partial charge in [0, 0.05) is 24.4 Å². The number of nitrogens with zero attached hydrogens (tertiary/aromatic N) is 1. The van der Waals surface area contributed by atoms with Crippen molar-refractivity contribution in [3.8, 4) is 0 Å².